The Kier molecular flexibility index (Phi) is 3.09. The van der Waals surface area contributed by atoms with Gasteiger partial charge < -0.3 is 4.57 Å². The number of rotatable bonds is 3. The van der Waals surface area contributed by atoms with Crippen molar-refractivity contribution in [3.05, 3.63) is 91.0 Å². The van der Waals surface area contributed by atoms with Crippen molar-refractivity contribution in [3.8, 4) is 5.69 Å². The third-order valence-electron chi connectivity index (χ3n) is 4.15. The number of hydrogen-bond acceptors (Lipinski definition) is 1. The predicted molar refractivity (Wildman–Crippen MR) is 95.3 cm³/mol. The van der Waals surface area contributed by atoms with Crippen molar-refractivity contribution >= 4 is 27.6 Å². The summed E-state index contributed by atoms with van der Waals surface area (Å²) in [5, 5.41) is 2.42. The smallest absolute Gasteiger partial charge is 0.185 e. The second-order valence-electron chi connectivity index (χ2n) is 5.49. The van der Waals surface area contributed by atoms with Gasteiger partial charge in [-0.2, -0.15) is 0 Å². The Morgan fingerprint density at radius 2 is 1.43 bits per heavy atom. The van der Waals surface area contributed by atoms with Gasteiger partial charge in [-0.3, -0.25) is 4.79 Å². The van der Waals surface area contributed by atoms with Crippen LogP contribution in [0.15, 0.2) is 85.5 Å². The molecule has 0 bridgehead atoms. The van der Waals surface area contributed by atoms with Crippen molar-refractivity contribution in [1.82, 2.24) is 4.57 Å². The average Bonchev–Trinajstić information content (AvgIpc) is 2.96. The van der Waals surface area contributed by atoms with Crippen LogP contribution in [0.25, 0.3) is 27.5 Å². The molecule has 0 fully saturated rings. The molecule has 0 saturated heterocycles. The molecular weight excluding hydrogens is 282 g/mol. The molecule has 1 aromatic heterocycles. The molecule has 0 N–H and O–H groups in total. The molecule has 2 nitrogen and oxygen atoms in total. The third-order valence-corrected chi connectivity index (χ3v) is 4.15. The van der Waals surface area contributed by atoms with Crippen LogP contribution >= 0.6 is 0 Å². The van der Waals surface area contributed by atoms with E-state index in [1.165, 1.54) is 16.8 Å². The fourth-order valence-electron chi connectivity index (χ4n) is 3.12. The highest BCUT2D eigenvalue weighted by Crippen LogP contribution is 2.31. The lowest BCUT2D eigenvalue weighted by molar-refractivity contribution is 0.104. The van der Waals surface area contributed by atoms with Gasteiger partial charge in [0.2, 0.25) is 0 Å². The Bertz CT molecular complexity index is 1000. The van der Waals surface area contributed by atoms with Gasteiger partial charge in [-0.25, -0.2) is 0 Å². The molecular formula is C21H15NO. The predicted octanol–water partition coefficient (Wildman–Crippen LogP) is 5.15. The minimum absolute atomic E-state index is 0.0624. The zero-order valence-corrected chi connectivity index (χ0v) is 12.6. The summed E-state index contributed by atoms with van der Waals surface area (Å²) in [6.07, 6.45) is 1.35. The SMILES string of the molecule is C=CC(=O)c1cccc(-n2c3ccccc3c3ccccc32)c1. The normalized spacial score (nSPS) is 11.0. The lowest BCUT2D eigenvalue weighted by Crippen LogP contribution is -1.98. The fraction of sp³-hybridized carbons (Fsp3) is 0. The van der Waals surface area contributed by atoms with Crippen molar-refractivity contribution in [3.63, 3.8) is 0 Å². The second-order valence-corrected chi connectivity index (χ2v) is 5.49. The zero-order chi connectivity index (χ0) is 15.8. The number of allylic oxidation sites excluding steroid dienone is 1. The second kappa shape index (κ2) is 5.25. The highest BCUT2D eigenvalue weighted by molar-refractivity contribution is 6.09. The van der Waals surface area contributed by atoms with Crippen LogP contribution in [0.1, 0.15) is 10.4 Å². The first kappa shape index (κ1) is 13.5. The van der Waals surface area contributed by atoms with Gasteiger partial charge in [-0.1, -0.05) is 55.1 Å². The van der Waals surface area contributed by atoms with E-state index in [0.717, 1.165) is 16.7 Å². The highest BCUT2D eigenvalue weighted by atomic mass is 16.1. The van der Waals surface area contributed by atoms with E-state index < -0.39 is 0 Å². The molecule has 0 unspecified atom stereocenters. The molecule has 4 rings (SSSR count). The van der Waals surface area contributed by atoms with Gasteiger partial charge >= 0.3 is 0 Å². The van der Waals surface area contributed by atoms with Crippen LogP contribution < -0.4 is 0 Å². The number of ketones is 1. The third kappa shape index (κ3) is 2.08. The largest absolute Gasteiger partial charge is 0.309 e. The van der Waals surface area contributed by atoms with E-state index in [1.54, 1.807) is 0 Å². The topological polar surface area (TPSA) is 22.0 Å². The van der Waals surface area contributed by atoms with Crippen LogP contribution in [0, 0.1) is 0 Å². The Balaban J connectivity index is 2.08. The summed E-state index contributed by atoms with van der Waals surface area (Å²) in [5.41, 5.74) is 3.91. The van der Waals surface area contributed by atoms with Gasteiger partial charge in [-0.05, 0) is 30.3 Å². The lowest BCUT2D eigenvalue weighted by atomic mass is 10.1. The number of benzene rings is 3. The molecule has 110 valence electrons. The van der Waals surface area contributed by atoms with E-state index in [2.05, 4.69) is 47.5 Å². The Labute approximate surface area is 134 Å². The molecule has 0 aliphatic rings. The summed E-state index contributed by atoms with van der Waals surface area (Å²) >= 11 is 0. The number of fused-ring (bicyclic) bond motifs is 3. The van der Waals surface area contributed by atoms with E-state index in [4.69, 9.17) is 0 Å². The number of carbonyl (C=O) groups excluding carboxylic acids is 1. The average molecular weight is 297 g/mol. The zero-order valence-electron chi connectivity index (χ0n) is 12.6. The van der Waals surface area contributed by atoms with Crippen molar-refractivity contribution in [2.75, 3.05) is 0 Å². The first-order chi connectivity index (χ1) is 11.3. The molecule has 3 aromatic carbocycles. The Hall–Kier alpha value is -3.13. The molecule has 0 amide bonds. The summed E-state index contributed by atoms with van der Waals surface area (Å²) in [5.74, 6) is -0.0624. The first-order valence-corrected chi connectivity index (χ1v) is 7.55. The molecule has 0 aliphatic carbocycles. The molecule has 4 aromatic rings. The van der Waals surface area contributed by atoms with Crippen LogP contribution in [0.5, 0.6) is 0 Å². The highest BCUT2D eigenvalue weighted by Gasteiger charge is 2.12. The van der Waals surface area contributed by atoms with Gasteiger partial charge in [0.05, 0.1) is 11.0 Å². The van der Waals surface area contributed by atoms with Gasteiger partial charge in [0.25, 0.3) is 0 Å². The number of aromatic nitrogens is 1. The van der Waals surface area contributed by atoms with Crippen LogP contribution in [0.3, 0.4) is 0 Å². The van der Waals surface area contributed by atoms with E-state index in [0.29, 0.717) is 5.56 Å². The van der Waals surface area contributed by atoms with E-state index in [-0.39, 0.29) is 5.78 Å². The van der Waals surface area contributed by atoms with E-state index in [9.17, 15) is 4.79 Å². The number of nitrogens with zero attached hydrogens (tertiary/aromatic N) is 1. The maximum absolute atomic E-state index is 11.9. The van der Waals surface area contributed by atoms with Gasteiger partial charge in [0.15, 0.2) is 5.78 Å². The summed E-state index contributed by atoms with van der Waals surface area (Å²) < 4.78 is 2.20. The standard InChI is InChI=1S/C21H15NO/c1-2-21(23)15-8-7-9-16(14-15)22-19-12-5-3-10-17(19)18-11-4-6-13-20(18)22/h2-14H,1H2. The summed E-state index contributed by atoms with van der Waals surface area (Å²) in [7, 11) is 0. The number of hydrogen-bond donors (Lipinski definition) is 0. The van der Waals surface area contributed by atoms with Crippen LogP contribution in [-0.4, -0.2) is 10.4 Å². The fourth-order valence-corrected chi connectivity index (χ4v) is 3.12. The minimum atomic E-state index is -0.0624. The minimum Gasteiger partial charge on any atom is -0.309 e. The van der Waals surface area contributed by atoms with Crippen LogP contribution in [-0.2, 0) is 0 Å². The first-order valence-electron chi connectivity index (χ1n) is 7.55. The van der Waals surface area contributed by atoms with Crippen LogP contribution in [0.2, 0.25) is 0 Å². The van der Waals surface area contributed by atoms with Gasteiger partial charge in [0, 0.05) is 22.0 Å². The van der Waals surface area contributed by atoms with Crippen molar-refractivity contribution < 1.29 is 4.79 Å². The van der Waals surface area contributed by atoms with E-state index in [1.807, 2.05) is 36.4 Å². The van der Waals surface area contributed by atoms with Crippen molar-refractivity contribution in [2.24, 2.45) is 0 Å². The Morgan fingerprint density at radius 3 is 2.04 bits per heavy atom. The van der Waals surface area contributed by atoms with Crippen LogP contribution in [0.4, 0.5) is 0 Å². The molecule has 23 heavy (non-hydrogen) atoms. The summed E-state index contributed by atoms with van der Waals surface area (Å²) in [6, 6.07) is 24.3. The maximum Gasteiger partial charge on any atom is 0.185 e. The maximum atomic E-state index is 11.9. The van der Waals surface area contributed by atoms with Crippen molar-refractivity contribution in [2.45, 2.75) is 0 Å². The molecule has 0 radical (unpaired) electrons. The molecule has 0 spiro atoms. The van der Waals surface area contributed by atoms with E-state index >= 15 is 0 Å². The molecule has 1 heterocycles. The summed E-state index contributed by atoms with van der Waals surface area (Å²) in [6.45, 7) is 3.57. The number of para-hydroxylation sites is 2. The molecule has 0 aliphatic heterocycles. The summed E-state index contributed by atoms with van der Waals surface area (Å²) in [4.78, 5) is 11.9. The number of carbonyl (C=O) groups is 1. The molecule has 2 heteroatoms. The lowest BCUT2D eigenvalue weighted by Gasteiger charge is -2.09. The van der Waals surface area contributed by atoms with Gasteiger partial charge in [-0.15, -0.1) is 0 Å². The van der Waals surface area contributed by atoms with Gasteiger partial charge in [0.1, 0.15) is 0 Å². The quantitative estimate of drug-likeness (QED) is 0.378. The Morgan fingerprint density at radius 1 is 0.826 bits per heavy atom. The molecule has 0 atom stereocenters. The molecule has 0 saturated carbocycles. The monoisotopic (exact) mass is 297 g/mol. The van der Waals surface area contributed by atoms with Crippen molar-refractivity contribution in [1.29, 1.82) is 0 Å².